The highest BCUT2D eigenvalue weighted by atomic mass is 35.5. The quantitative estimate of drug-likeness (QED) is 0.271. The Labute approximate surface area is 293 Å². The molecule has 2 saturated heterocycles. The lowest BCUT2D eigenvalue weighted by molar-refractivity contribution is -0.137. The van der Waals surface area contributed by atoms with E-state index in [1.54, 1.807) is 0 Å². The average molecular weight is 713 g/mol. The second kappa shape index (κ2) is 18.5. The SMILES string of the molecule is COc1nc(OCC(F)F)nc(OC(C)C)c1CN1C[C@@H]2CN(C(=O)CCO)CCN2[C@H](C(c2ccccc2)c2ccccc2)C1.Cl.Cl. The fourth-order valence-electron chi connectivity index (χ4n) is 6.55. The molecule has 1 aromatic heterocycles. The van der Waals surface area contributed by atoms with Crippen molar-refractivity contribution < 1.29 is 32.9 Å². The summed E-state index contributed by atoms with van der Waals surface area (Å²) in [5.74, 6) is 0.402. The van der Waals surface area contributed by atoms with E-state index >= 15 is 0 Å². The second-order valence-corrected chi connectivity index (χ2v) is 11.9. The molecule has 3 heterocycles. The number of fused-ring (bicyclic) bond motifs is 1. The second-order valence-electron chi connectivity index (χ2n) is 11.9. The van der Waals surface area contributed by atoms with Gasteiger partial charge in [0.1, 0.15) is 0 Å². The highest BCUT2D eigenvalue weighted by molar-refractivity contribution is 5.85. The van der Waals surface area contributed by atoms with Crippen molar-refractivity contribution in [2.45, 2.75) is 57.3 Å². The van der Waals surface area contributed by atoms with Crippen molar-refractivity contribution in [3.05, 3.63) is 77.4 Å². The Morgan fingerprint density at radius 1 is 0.938 bits per heavy atom. The summed E-state index contributed by atoms with van der Waals surface area (Å²) in [6.45, 7) is 6.21. The largest absolute Gasteiger partial charge is 0.481 e. The molecule has 1 N–H and O–H groups in total. The van der Waals surface area contributed by atoms with E-state index < -0.39 is 13.0 Å². The van der Waals surface area contributed by atoms with Crippen molar-refractivity contribution in [2.24, 2.45) is 0 Å². The molecule has 0 saturated carbocycles. The van der Waals surface area contributed by atoms with Gasteiger partial charge < -0.3 is 24.2 Å². The maximum absolute atomic E-state index is 12.9. The number of hydrogen-bond donors (Lipinski definition) is 1. The van der Waals surface area contributed by atoms with Crippen molar-refractivity contribution in [1.82, 2.24) is 24.7 Å². The van der Waals surface area contributed by atoms with Gasteiger partial charge in [0.25, 0.3) is 6.43 Å². The van der Waals surface area contributed by atoms with E-state index in [-0.39, 0.29) is 85.6 Å². The number of halogens is 4. The van der Waals surface area contributed by atoms with Gasteiger partial charge in [-0.1, -0.05) is 60.7 Å². The zero-order chi connectivity index (χ0) is 32.6. The van der Waals surface area contributed by atoms with E-state index in [1.165, 1.54) is 18.2 Å². The fourth-order valence-corrected chi connectivity index (χ4v) is 6.55. The summed E-state index contributed by atoms with van der Waals surface area (Å²) in [6, 6.07) is 20.8. The third-order valence-electron chi connectivity index (χ3n) is 8.42. The molecule has 0 radical (unpaired) electrons. The number of aliphatic hydroxyl groups is 1. The summed E-state index contributed by atoms with van der Waals surface area (Å²) < 4.78 is 42.7. The van der Waals surface area contributed by atoms with E-state index in [9.17, 15) is 18.7 Å². The summed E-state index contributed by atoms with van der Waals surface area (Å²) in [5, 5.41) is 9.44. The van der Waals surface area contributed by atoms with E-state index in [1.807, 2.05) is 30.9 Å². The minimum absolute atomic E-state index is 0. The van der Waals surface area contributed by atoms with E-state index in [0.29, 0.717) is 44.8 Å². The molecule has 0 spiro atoms. The predicted octanol–water partition coefficient (Wildman–Crippen LogP) is 4.67. The molecule has 5 rings (SSSR count). The first-order valence-electron chi connectivity index (χ1n) is 15.8. The van der Waals surface area contributed by atoms with Crippen LogP contribution in [0.15, 0.2) is 60.7 Å². The summed E-state index contributed by atoms with van der Waals surface area (Å²) in [4.78, 5) is 28.2. The molecule has 0 aliphatic carbocycles. The first kappa shape index (κ1) is 39.2. The maximum Gasteiger partial charge on any atom is 0.323 e. The van der Waals surface area contributed by atoms with Crippen LogP contribution in [0.4, 0.5) is 8.78 Å². The Kier molecular flexibility index (Phi) is 15.1. The molecule has 2 aliphatic heterocycles. The molecular weight excluding hydrogens is 667 g/mol. The number of nitrogens with zero attached hydrogens (tertiary/aromatic N) is 5. The Morgan fingerprint density at radius 3 is 2.12 bits per heavy atom. The molecular formula is C34H45Cl2F2N5O5. The summed E-state index contributed by atoms with van der Waals surface area (Å²) in [6.07, 6.45) is -2.84. The minimum atomic E-state index is -2.68. The number of piperazine rings is 2. The van der Waals surface area contributed by atoms with Gasteiger partial charge in [-0.05, 0) is 25.0 Å². The number of carbonyl (C=O) groups is 1. The van der Waals surface area contributed by atoms with Gasteiger partial charge in [-0.2, -0.15) is 9.97 Å². The standard InChI is InChI=1S/C34H43F2N5O5.2ClH/c1-23(2)46-33-27(32(44-3)37-34(38-33)45-22-29(35)36)20-39-18-26-19-40(30(43)14-17-42)15-16-41(26)28(21-39)31(24-10-6-4-7-11-24)25-12-8-5-9-13-25;;/h4-13,23,26,28-29,31,42H,14-22H2,1-3H3;2*1H/t26-,28+;;/m1../s1. The van der Waals surface area contributed by atoms with Crippen LogP contribution < -0.4 is 14.2 Å². The van der Waals surface area contributed by atoms with E-state index in [4.69, 9.17) is 14.2 Å². The van der Waals surface area contributed by atoms with Crippen LogP contribution >= 0.6 is 24.8 Å². The topological polar surface area (TPSA) is 100 Å². The van der Waals surface area contributed by atoms with E-state index in [0.717, 1.165) is 0 Å². The van der Waals surface area contributed by atoms with Gasteiger partial charge >= 0.3 is 6.01 Å². The van der Waals surface area contributed by atoms with Gasteiger partial charge in [0, 0.05) is 63.7 Å². The Morgan fingerprint density at radius 2 is 1.56 bits per heavy atom. The first-order valence-corrected chi connectivity index (χ1v) is 15.8. The van der Waals surface area contributed by atoms with Gasteiger partial charge in [-0.15, -0.1) is 24.8 Å². The maximum atomic E-state index is 12.9. The van der Waals surface area contributed by atoms with Crippen molar-refractivity contribution in [3.8, 4) is 17.8 Å². The highest BCUT2D eigenvalue weighted by Gasteiger charge is 2.43. The molecule has 0 bridgehead atoms. The van der Waals surface area contributed by atoms with Crippen LogP contribution in [0.2, 0.25) is 0 Å². The molecule has 14 heteroatoms. The third kappa shape index (κ3) is 9.66. The molecule has 3 aromatic rings. The zero-order valence-corrected chi connectivity index (χ0v) is 29.0. The van der Waals surface area contributed by atoms with Crippen LogP contribution in [0.25, 0.3) is 0 Å². The molecule has 0 unspecified atom stereocenters. The molecule has 1 amide bonds. The normalized spacial score (nSPS) is 18.2. The lowest BCUT2D eigenvalue weighted by Gasteiger charge is -2.53. The lowest BCUT2D eigenvalue weighted by Crippen LogP contribution is -2.67. The van der Waals surface area contributed by atoms with Crippen molar-refractivity contribution in [1.29, 1.82) is 0 Å². The van der Waals surface area contributed by atoms with Crippen LogP contribution in [0.3, 0.4) is 0 Å². The number of rotatable bonds is 13. The number of hydrogen-bond acceptors (Lipinski definition) is 9. The Bertz CT molecular complexity index is 1390. The van der Waals surface area contributed by atoms with E-state index in [2.05, 4.69) is 68.3 Å². The average Bonchev–Trinajstić information content (AvgIpc) is 3.05. The van der Waals surface area contributed by atoms with Crippen LogP contribution in [0, 0.1) is 0 Å². The van der Waals surface area contributed by atoms with Crippen LogP contribution in [-0.2, 0) is 11.3 Å². The number of alkyl halides is 2. The smallest absolute Gasteiger partial charge is 0.323 e. The summed E-state index contributed by atoms with van der Waals surface area (Å²) in [7, 11) is 1.47. The number of carbonyl (C=O) groups excluding carboxylic acids is 1. The third-order valence-corrected chi connectivity index (χ3v) is 8.42. The molecule has 10 nitrogen and oxygen atoms in total. The number of ether oxygens (including phenoxy) is 3. The predicted molar refractivity (Wildman–Crippen MR) is 183 cm³/mol. The number of aromatic nitrogens is 2. The number of methoxy groups -OCH3 is 1. The fraction of sp³-hybridized carbons (Fsp3) is 0.500. The van der Waals surface area contributed by atoms with Gasteiger partial charge in [-0.25, -0.2) is 8.78 Å². The highest BCUT2D eigenvalue weighted by Crippen LogP contribution is 2.37. The molecule has 2 aliphatic rings. The van der Waals surface area contributed by atoms with Gasteiger partial charge in [0.2, 0.25) is 17.7 Å². The number of benzene rings is 2. The van der Waals surface area contributed by atoms with Gasteiger partial charge in [-0.3, -0.25) is 14.6 Å². The molecule has 48 heavy (non-hydrogen) atoms. The zero-order valence-electron chi connectivity index (χ0n) is 27.4. The van der Waals surface area contributed by atoms with Crippen LogP contribution in [0.1, 0.15) is 42.9 Å². The molecule has 2 fully saturated rings. The minimum Gasteiger partial charge on any atom is -0.481 e. The summed E-state index contributed by atoms with van der Waals surface area (Å²) in [5.41, 5.74) is 2.99. The van der Waals surface area contributed by atoms with Crippen molar-refractivity contribution >= 4 is 30.7 Å². The summed E-state index contributed by atoms with van der Waals surface area (Å²) >= 11 is 0. The Balaban J connectivity index is 0.00000312. The number of aliphatic hydroxyl groups excluding tert-OH is 1. The number of amides is 1. The lowest BCUT2D eigenvalue weighted by atomic mass is 9.81. The first-order chi connectivity index (χ1) is 22.3. The molecule has 2 atom stereocenters. The van der Waals surface area contributed by atoms with Crippen molar-refractivity contribution in [2.75, 3.05) is 53.0 Å². The van der Waals surface area contributed by atoms with Crippen LogP contribution in [0.5, 0.6) is 17.8 Å². The van der Waals surface area contributed by atoms with Gasteiger partial charge in [0.15, 0.2) is 6.61 Å². The Hall–Kier alpha value is -3.29. The molecule has 2 aromatic carbocycles. The monoisotopic (exact) mass is 711 g/mol. The van der Waals surface area contributed by atoms with Crippen LogP contribution in [-0.4, -0.2) is 113 Å². The molecule has 264 valence electrons. The van der Waals surface area contributed by atoms with Gasteiger partial charge in [0.05, 0.1) is 25.4 Å². The van der Waals surface area contributed by atoms with Crippen molar-refractivity contribution in [3.63, 3.8) is 0 Å².